The van der Waals surface area contributed by atoms with E-state index in [1.165, 1.54) is 6.20 Å². The van der Waals surface area contributed by atoms with Gasteiger partial charge in [0, 0.05) is 32.4 Å². The van der Waals surface area contributed by atoms with E-state index in [1.54, 1.807) is 15.2 Å². The van der Waals surface area contributed by atoms with Crippen LogP contribution in [0.1, 0.15) is 26.2 Å². The monoisotopic (exact) mass is 312 g/mol. The van der Waals surface area contributed by atoms with Gasteiger partial charge in [-0.15, -0.1) is 0 Å². The number of nitrogens with zero attached hydrogens (tertiary/aromatic N) is 4. The lowest BCUT2D eigenvalue weighted by Crippen LogP contribution is -2.47. The first-order valence-electron chi connectivity index (χ1n) is 7.66. The highest BCUT2D eigenvalue weighted by Gasteiger charge is 2.43. The molecule has 2 fully saturated rings. The average molecular weight is 312 g/mol. The number of hydrogen-bond donors (Lipinski definition) is 0. The van der Waals surface area contributed by atoms with Crippen LogP contribution >= 0.6 is 0 Å². The Morgan fingerprint density at radius 3 is 2.71 bits per heavy atom. The van der Waals surface area contributed by atoms with Crippen molar-refractivity contribution in [3.8, 4) is 0 Å². The molecule has 1 atom stereocenters. The fourth-order valence-corrected chi connectivity index (χ4v) is 5.21. The molecule has 21 heavy (non-hydrogen) atoms. The Hall–Kier alpha value is -0.920. The number of aryl methyl sites for hydroxylation is 1. The summed E-state index contributed by atoms with van der Waals surface area (Å²) < 4.78 is 28.9. The third-order valence-corrected chi connectivity index (χ3v) is 6.62. The Balaban J connectivity index is 1.82. The molecule has 0 aromatic carbocycles. The van der Waals surface area contributed by atoms with Gasteiger partial charge >= 0.3 is 0 Å². The zero-order chi connectivity index (χ0) is 15.1. The molecule has 0 amide bonds. The molecule has 7 heteroatoms. The van der Waals surface area contributed by atoms with Gasteiger partial charge < -0.3 is 4.90 Å². The zero-order valence-corrected chi connectivity index (χ0v) is 13.6. The number of hydrogen-bond acceptors (Lipinski definition) is 4. The van der Waals surface area contributed by atoms with E-state index < -0.39 is 10.0 Å². The van der Waals surface area contributed by atoms with Crippen LogP contribution in [0.25, 0.3) is 0 Å². The van der Waals surface area contributed by atoms with Gasteiger partial charge in [0.15, 0.2) is 0 Å². The molecule has 0 saturated carbocycles. The summed E-state index contributed by atoms with van der Waals surface area (Å²) in [6.45, 7) is 5.99. The first kappa shape index (κ1) is 15.0. The van der Waals surface area contributed by atoms with E-state index in [0.717, 1.165) is 32.4 Å². The summed E-state index contributed by atoms with van der Waals surface area (Å²) in [7, 11) is -1.28. The largest absolute Gasteiger partial charge is 0.306 e. The van der Waals surface area contributed by atoms with Crippen LogP contribution in [0, 0.1) is 5.41 Å². The van der Waals surface area contributed by atoms with Crippen molar-refractivity contribution in [2.75, 3.05) is 33.2 Å². The second-order valence-electron chi connectivity index (χ2n) is 6.46. The first-order chi connectivity index (χ1) is 9.95. The normalized spacial score (nSPS) is 28.5. The van der Waals surface area contributed by atoms with Crippen molar-refractivity contribution in [3.05, 3.63) is 12.4 Å². The Bertz CT molecular complexity index is 608. The second kappa shape index (κ2) is 5.37. The lowest BCUT2D eigenvalue weighted by atomic mass is 9.80. The summed E-state index contributed by atoms with van der Waals surface area (Å²) in [5.74, 6) is 0. The molecule has 2 aliphatic rings. The van der Waals surface area contributed by atoms with E-state index >= 15 is 0 Å². The highest BCUT2D eigenvalue weighted by molar-refractivity contribution is 7.89. The minimum atomic E-state index is -3.40. The quantitative estimate of drug-likeness (QED) is 0.836. The number of rotatable bonds is 3. The van der Waals surface area contributed by atoms with Crippen molar-refractivity contribution in [2.45, 2.75) is 37.6 Å². The molecule has 0 bridgehead atoms. The molecule has 118 valence electrons. The van der Waals surface area contributed by atoms with Crippen LogP contribution in [0.5, 0.6) is 0 Å². The fourth-order valence-electron chi connectivity index (χ4n) is 3.66. The van der Waals surface area contributed by atoms with Gasteiger partial charge in [0.2, 0.25) is 10.0 Å². The van der Waals surface area contributed by atoms with Crippen molar-refractivity contribution >= 4 is 10.0 Å². The van der Waals surface area contributed by atoms with Crippen molar-refractivity contribution in [3.63, 3.8) is 0 Å². The minimum Gasteiger partial charge on any atom is -0.306 e. The molecule has 2 aliphatic heterocycles. The van der Waals surface area contributed by atoms with Crippen LogP contribution in [0.3, 0.4) is 0 Å². The minimum absolute atomic E-state index is 0.154. The zero-order valence-electron chi connectivity index (χ0n) is 12.8. The maximum atomic E-state index is 12.8. The maximum Gasteiger partial charge on any atom is 0.246 e. The number of aromatic nitrogens is 2. The Kier molecular flexibility index (Phi) is 3.83. The smallest absolute Gasteiger partial charge is 0.246 e. The van der Waals surface area contributed by atoms with Crippen LogP contribution in [0.2, 0.25) is 0 Å². The van der Waals surface area contributed by atoms with Crippen molar-refractivity contribution in [1.82, 2.24) is 19.0 Å². The van der Waals surface area contributed by atoms with Crippen LogP contribution in [-0.4, -0.2) is 60.6 Å². The van der Waals surface area contributed by atoms with Crippen LogP contribution in [0.15, 0.2) is 17.3 Å². The molecule has 0 radical (unpaired) electrons. The maximum absolute atomic E-state index is 12.8. The molecular weight excluding hydrogens is 288 g/mol. The predicted molar refractivity (Wildman–Crippen MR) is 80.4 cm³/mol. The van der Waals surface area contributed by atoms with E-state index in [2.05, 4.69) is 17.0 Å². The highest BCUT2D eigenvalue weighted by atomic mass is 32.2. The summed E-state index contributed by atoms with van der Waals surface area (Å²) in [4.78, 5) is 2.64. The van der Waals surface area contributed by atoms with E-state index in [9.17, 15) is 8.42 Å². The molecular formula is C14H24N4O2S. The van der Waals surface area contributed by atoms with Gasteiger partial charge in [-0.05, 0) is 45.2 Å². The standard InChI is InChI=1S/C14H24N4O2S/c1-3-17-10-13(9-15-17)21(19,20)18-7-4-5-14(12-18)6-8-16(2)11-14/h9-10H,3-8,11-12H2,1-2H3. The first-order valence-corrected chi connectivity index (χ1v) is 9.10. The number of likely N-dealkylation sites (tertiary alicyclic amines) is 1. The molecule has 6 nitrogen and oxygen atoms in total. The van der Waals surface area contributed by atoms with E-state index in [0.29, 0.717) is 24.5 Å². The lowest BCUT2D eigenvalue weighted by molar-refractivity contribution is 0.153. The van der Waals surface area contributed by atoms with Gasteiger partial charge in [0.05, 0.1) is 6.20 Å². The van der Waals surface area contributed by atoms with Crippen LogP contribution in [0.4, 0.5) is 0 Å². The summed E-state index contributed by atoms with van der Waals surface area (Å²) >= 11 is 0. The van der Waals surface area contributed by atoms with Gasteiger partial charge in [-0.2, -0.15) is 9.40 Å². The van der Waals surface area contributed by atoms with Crippen LogP contribution < -0.4 is 0 Å². The highest BCUT2D eigenvalue weighted by Crippen LogP contribution is 2.39. The third-order valence-electron chi connectivity index (χ3n) is 4.83. The van der Waals surface area contributed by atoms with Gasteiger partial charge in [-0.25, -0.2) is 8.42 Å². The Morgan fingerprint density at radius 2 is 2.10 bits per heavy atom. The molecule has 0 N–H and O–H groups in total. The van der Waals surface area contributed by atoms with Gasteiger partial charge in [0.25, 0.3) is 0 Å². The van der Waals surface area contributed by atoms with Gasteiger partial charge in [-0.3, -0.25) is 4.68 Å². The fraction of sp³-hybridized carbons (Fsp3) is 0.786. The lowest BCUT2D eigenvalue weighted by Gasteiger charge is -2.39. The molecule has 1 aromatic heterocycles. The molecule has 3 rings (SSSR count). The average Bonchev–Trinajstić information content (AvgIpc) is 3.07. The molecule has 0 aliphatic carbocycles. The van der Waals surface area contributed by atoms with Gasteiger partial charge in [0.1, 0.15) is 4.90 Å². The summed E-state index contributed by atoms with van der Waals surface area (Å²) in [6.07, 6.45) is 6.30. The van der Waals surface area contributed by atoms with Crippen molar-refractivity contribution < 1.29 is 8.42 Å². The molecule has 3 heterocycles. The summed E-state index contributed by atoms with van der Waals surface area (Å²) in [5.41, 5.74) is 0.154. The van der Waals surface area contributed by atoms with Crippen LogP contribution in [-0.2, 0) is 16.6 Å². The molecule has 1 unspecified atom stereocenters. The number of piperidine rings is 1. The summed E-state index contributed by atoms with van der Waals surface area (Å²) in [6, 6.07) is 0. The molecule has 1 spiro atoms. The van der Waals surface area contributed by atoms with E-state index in [4.69, 9.17) is 0 Å². The predicted octanol–water partition coefficient (Wildman–Crippen LogP) is 1.01. The van der Waals surface area contributed by atoms with Crippen molar-refractivity contribution in [1.29, 1.82) is 0 Å². The van der Waals surface area contributed by atoms with Gasteiger partial charge in [-0.1, -0.05) is 0 Å². The second-order valence-corrected chi connectivity index (χ2v) is 8.40. The SMILES string of the molecule is CCn1cc(S(=O)(=O)N2CCCC3(CCN(C)C3)C2)cn1. The molecule has 1 aromatic rings. The van der Waals surface area contributed by atoms with Crippen molar-refractivity contribution in [2.24, 2.45) is 5.41 Å². The topological polar surface area (TPSA) is 58.4 Å². The number of sulfonamides is 1. The van der Waals surface area contributed by atoms with E-state index in [-0.39, 0.29) is 5.41 Å². The molecule has 2 saturated heterocycles. The van der Waals surface area contributed by atoms with E-state index in [1.807, 2.05) is 6.92 Å². The summed E-state index contributed by atoms with van der Waals surface area (Å²) in [5, 5.41) is 4.10. The third kappa shape index (κ3) is 2.74. The Labute approximate surface area is 126 Å². The Morgan fingerprint density at radius 1 is 1.29 bits per heavy atom.